The van der Waals surface area contributed by atoms with Crippen LogP contribution in [0, 0.1) is 0 Å². The molecule has 0 unspecified atom stereocenters. The summed E-state index contributed by atoms with van der Waals surface area (Å²) in [5.74, 6) is 0.782. The summed E-state index contributed by atoms with van der Waals surface area (Å²) in [5, 5.41) is 3.06. The number of nitrogens with one attached hydrogen (secondary N) is 1. The summed E-state index contributed by atoms with van der Waals surface area (Å²) in [4.78, 5) is 14.9. The monoisotopic (exact) mass is 368 g/mol. The number of carbonyl (C=O) groups excluding carboxylic acids is 1. The Labute approximate surface area is 161 Å². The van der Waals surface area contributed by atoms with Crippen molar-refractivity contribution in [2.24, 2.45) is 0 Å². The van der Waals surface area contributed by atoms with Crippen LogP contribution in [0.1, 0.15) is 41.4 Å². The third kappa shape index (κ3) is 5.55. The van der Waals surface area contributed by atoms with Gasteiger partial charge in [-0.05, 0) is 49.2 Å². The first-order valence-corrected chi connectivity index (χ1v) is 9.58. The van der Waals surface area contributed by atoms with Crippen LogP contribution < -0.4 is 10.1 Å². The van der Waals surface area contributed by atoms with Crippen molar-refractivity contribution < 1.29 is 14.3 Å². The number of hydrogen-bond acceptors (Lipinski definition) is 4. The second-order valence-electron chi connectivity index (χ2n) is 6.78. The number of hydrogen-bond donors (Lipinski definition) is 1. The van der Waals surface area contributed by atoms with E-state index in [-0.39, 0.29) is 11.9 Å². The Morgan fingerprint density at radius 3 is 2.41 bits per heavy atom. The lowest BCUT2D eigenvalue weighted by atomic mass is 10.1. The van der Waals surface area contributed by atoms with Crippen molar-refractivity contribution in [3.05, 3.63) is 65.2 Å². The van der Waals surface area contributed by atoms with Crippen molar-refractivity contribution in [3.63, 3.8) is 0 Å². The maximum absolute atomic E-state index is 12.5. The van der Waals surface area contributed by atoms with Gasteiger partial charge in [0.05, 0.1) is 25.9 Å². The van der Waals surface area contributed by atoms with Gasteiger partial charge in [0.2, 0.25) is 0 Å². The van der Waals surface area contributed by atoms with E-state index in [4.69, 9.17) is 9.47 Å². The molecule has 1 N–H and O–H groups in total. The standard InChI is InChI=1S/C22H28N2O3/c1-3-27-21-10-8-19(9-11-21)17(2)23-22(25)20-6-4-18(5-7-20)16-24-12-14-26-15-13-24/h4-11,17H,3,12-16H2,1-2H3,(H,23,25)/t17-/m0/s1. The molecule has 0 radical (unpaired) electrons. The number of carbonyl (C=O) groups is 1. The number of rotatable bonds is 7. The average Bonchev–Trinajstić information content (AvgIpc) is 2.70. The SMILES string of the molecule is CCOc1ccc([C@H](C)NC(=O)c2ccc(CN3CCOCC3)cc2)cc1. The van der Waals surface area contributed by atoms with E-state index < -0.39 is 0 Å². The van der Waals surface area contributed by atoms with Crippen molar-refractivity contribution in [2.75, 3.05) is 32.9 Å². The molecule has 144 valence electrons. The highest BCUT2D eigenvalue weighted by atomic mass is 16.5. The van der Waals surface area contributed by atoms with Gasteiger partial charge in [0.15, 0.2) is 0 Å². The van der Waals surface area contributed by atoms with E-state index in [2.05, 4.69) is 10.2 Å². The first kappa shape index (κ1) is 19.4. The Hall–Kier alpha value is -2.37. The molecule has 0 saturated carbocycles. The topological polar surface area (TPSA) is 50.8 Å². The first-order valence-electron chi connectivity index (χ1n) is 9.58. The first-order chi connectivity index (χ1) is 13.2. The summed E-state index contributed by atoms with van der Waals surface area (Å²) < 4.78 is 10.8. The summed E-state index contributed by atoms with van der Waals surface area (Å²) in [5.41, 5.74) is 2.95. The van der Waals surface area contributed by atoms with Crippen LogP contribution in [-0.4, -0.2) is 43.7 Å². The molecule has 1 aliphatic rings. The number of amides is 1. The summed E-state index contributed by atoms with van der Waals surface area (Å²) >= 11 is 0. The fourth-order valence-electron chi connectivity index (χ4n) is 3.16. The Bertz CT molecular complexity index is 722. The maximum Gasteiger partial charge on any atom is 0.251 e. The highest BCUT2D eigenvalue weighted by Gasteiger charge is 2.13. The molecule has 0 bridgehead atoms. The van der Waals surface area contributed by atoms with Gasteiger partial charge in [-0.15, -0.1) is 0 Å². The molecule has 3 rings (SSSR count). The minimum absolute atomic E-state index is 0.0608. The smallest absolute Gasteiger partial charge is 0.251 e. The molecule has 5 heteroatoms. The molecule has 1 amide bonds. The zero-order chi connectivity index (χ0) is 19.1. The van der Waals surface area contributed by atoms with E-state index >= 15 is 0 Å². The normalized spacial score (nSPS) is 15.9. The van der Waals surface area contributed by atoms with Gasteiger partial charge in [-0.2, -0.15) is 0 Å². The number of benzene rings is 2. The third-order valence-electron chi connectivity index (χ3n) is 4.76. The van der Waals surface area contributed by atoms with Gasteiger partial charge in [0.1, 0.15) is 5.75 Å². The fraction of sp³-hybridized carbons (Fsp3) is 0.409. The van der Waals surface area contributed by atoms with Crippen LogP contribution in [0.5, 0.6) is 5.75 Å². The molecule has 1 aliphatic heterocycles. The molecular weight excluding hydrogens is 340 g/mol. The van der Waals surface area contributed by atoms with Crippen LogP contribution in [0.2, 0.25) is 0 Å². The quantitative estimate of drug-likeness (QED) is 0.814. The van der Waals surface area contributed by atoms with Gasteiger partial charge in [-0.25, -0.2) is 0 Å². The molecule has 1 saturated heterocycles. The van der Waals surface area contributed by atoms with Crippen LogP contribution in [-0.2, 0) is 11.3 Å². The van der Waals surface area contributed by atoms with Gasteiger partial charge in [0.25, 0.3) is 5.91 Å². The second-order valence-corrected chi connectivity index (χ2v) is 6.78. The van der Waals surface area contributed by atoms with Gasteiger partial charge in [0, 0.05) is 25.2 Å². The third-order valence-corrected chi connectivity index (χ3v) is 4.76. The maximum atomic E-state index is 12.5. The van der Waals surface area contributed by atoms with Gasteiger partial charge >= 0.3 is 0 Å². The molecule has 27 heavy (non-hydrogen) atoms. The van der Waals surface area contributed by atoms with Crippen molar-refractivity contribution in [3.8, 4) is 5.75 Å². The number of nitrogens with zero attached hydrogens (tertiary/aromatic N) is 1. The van der Waals surface area contributed by atoms with Crippen molar-refractivity contribution in [1.82, 2.24) is 10.2 Å². The van der Waals surface area contributed by atoms with Crippen LogP contribution >= 0.6 is 0 Å². The van der Waals surface area contributed by atoms with Gasteiger partial charge in [-0.3, -0.25) is 9.69 Å². The summed E-state index contributed by atoms with van der Waals surface area (Å²) in [6, 6.07) is 15.6. The van der Waals surface area contributed by atoms with E-state index in [0.29, 0.717) is 12.2 Å². The second kappa shape index (κ2) is 9.53. The van der Waals surface area contributed by atoms with Crippen LogP contribution in [0.3, 0.4) is 0 Å². The van der Waals surface area contributed by atoms with Crippen molar-refractivity contribution >= 4 is 5.91 Å². The molecule has 2 aromatic carbocycles. The molecule has 1 heterocycles. The lowest BCUT2D eigenvalue weighted by Crippen LogP contribution is -2.35. The lowest BCUT2D eigenvalue weighted by Gasteiger charge is -2.26. The molecule has 0 spiro atoms. The summed E-state index contributed by atoms with van der Waals surface area (Å²) in [6.45, 7) is 9.00. The minimum atomic E-state index is -0.0683. The van der Waals surface area contributed by atoms with Crippen molar-refractivity contribution in [2.45, 2.75) is 26.4 Å². The molecule has 1 fully saturated rings. The largest absolute Gasteiger partial charge is 0.494 e. The highest BCUT2D eigenvalue weighted by Crippen LogP contribution is 2.18. The average molecular weight is 368 g/mol. The predicted molar refractivity (Wildman–Crippen MR) is 106 cm³/mol. The zero-order valence-electron chi connectivity index (χ0n) is 16.1. The van der Waals surface area contributed by atoms with E-state index in [1.54, 1.807) is 0 Å². The van der Waals surface area contributed by atoms with E-state index in [0.717, 1.165) is 44.2 Å². The molecular formula is C22H28N2O3. The molecule has 0 aliphatic carbocycles. The van der Waals surface area contributed by atoms with Gasteiger partial charge in [-0.1, -0.05) is 24.3 Å². The number of morpholine rings is 1. The van der Waals surface area contributed by atoms with Crippen LogP contribution in [0.25, 0.3) is 0 Å². The molecule has 5 nitrogen and oxygen atoms in total. The zero-order valence-corrected chi connectivity index (χ0v) is 16.1. The molecule has 2 aromatic rings. The van der Waals surface area contributed by atoms with E-state index in [1.165, 1.54) is 5.56 Å². The Morgan fingerprint density at radius 1 is 1.11 bits per heavy atom. The van der Waals surface area contributed by atoms with Crippen molar-refractivity contribution in [1.29, 1.82) is 0 Å². The number of ether oxygens (including phenoxy) is 2. The predicted octanol–water partition coefficient (Wildman–Crippen LogP) is 3.41. The Kier molecular flexibility index (Phi) is 6.85. The Morgan fingerprint density at radius 2 is 1.78 bits per heavy atom. The minimum Gasteiger partial charge on any atom is -0.494 e. The molecule has 0 aromatic heterocycles. The van der Waals surface area contributed by atoms with Crippen LogP contribution in [0.15, 0.2) is 48.5 Å². The summed E-state index contributed by atoms with van der Waals surface area (Å²) in [6.07, 6.45) is 0. The van der Waals surface area contributed by atoms with E-state index in [9.17, 15) is 4.79 Å². The highest BCUT2D eigenvalue weighted by molar-refractivity contribution is 5.94. The fourth-order valence-corrected chi connectivity index (χ4v) is 3.16. The lowest BCUT2D eigenvalue weighted by molar-refractivity contribution is 0.0342. The van der Waals surface area contributed by atoms with E-state index in [1.807, 2.05) is 62.4 Å². The van der Waals surface area contributed by atoms with Gasteiger partial charge < -0.3 is 14.8 Å². The van der Waals surface area contributed by atoms with Crippen LogP contribution in [0.4, 0.5) is 0 Å². The summed E-state index contributed by atoms with van der Waals surface area (Å²) in [7, 11) is 0. The Balaban J connectivity index is 1.55. The molecule has 1 atom stereocenters.